The number of para-hydroxylation sites is 1. The second-order valence-corrected chi connectivity index (χ2v) is 8.47. The van der Waals surface area contributed by atoms with Gasteiger partial charge in [0.2, 0.25) is 0 Å². The molecule has 0 fully saturated rings. The summed E-state index contributed by atoms with van der Waals surface area (Å²) < 4.78 is 1.96. The van der Waals surface area contributed by atoms with Crippen LogP contribution in [0.25, 0.3) is 27.8 Å². The second-order valence-electron chi connectivity index (χ2n) is 7.53. The van der Waals surface area contributed by atoms with Crippen LogP contribution in [0, 0.1) is 0 Å². The average molecular weight is 464 g/mol. The van der Waals surface area contributed by atoms with Gasteiger partial charge in [0.25, 0.3) is 5.91 Å². The predicted molar refractivity (Wildman–Crippen MR) is 137 cm³/mol. The lowest BCUT2D eigenvalue weighted by Gasteiger charge is -2.10. The molecule has 0 saturated carbocycles. The molecule has 0 atom stereocenters. The van der Waals surface area contributed by atoms with Crippen molar-refractivity contribution in [2.45, 2.75) is 5.16 Å². The minimum absolute atomic E-state index is 0.162. The van der Waals surface area contributed by atoms with E-state index in [9.17, 15) is 4.79 Å². The van der Waals surface area contributed by atoms with Crippen molar-refractivity contribution in [2.75, 3.05) is 5.75 Å². The minimum atomic E-state index is -0.217. The van der Waals surface area contributed by atoms with Crippen molar-refractivity contribution in [1.82, 2.24) is 20.2 Å². The Morgan fingerprint density at radius 1 is 0.853 bits per heavy atom. The summed E-state index contributed by atoms with van der Waals surface area (Å²) in [5.74, 6) is 0.671. The molecule has 1 aromatic heterocycles. The van der Waals surface area contributed by atoms with E-state index in [1.165, 1.54) is 11.8 Å². The van der Waals surface area contributed by atoms with E-state index in [1.807, 2.05) is 95.6 Å². The molecule has 1 N–H and O–H groups in total. The van der Waals surface area contributed by atoms with Crippen LogP contribution in [0.3, 0.4) is 0 Å². The van der Waals surface area contributed by atoms with Gasteiger partial charge in [0.1, 0.15) is 0 Å². The number of aromatic nitrogens is 3. The number of thioether (sulfide) groups is 1. The van der Waals surface area contributed by atoms with Crippen LogP contribution in [0.2, 0.25) is 0 Å². The summed E-state index contributed by atoms with van der Waals surface area (Å²) in [6.45, 7) is 0. The number of carbonyl (C=O) groups excluding carboxylic acids is 1. The number of hydrogen-bond donors (Lipinski definition) is 1. The minimum Gasteiger partial charge on any atom is -0.272 e. The van der Waals surface area contributed by atoms with Gasteiger partial charge in [0.15, 0.2) is 11.0 Å². The second kappa shape index (κ2) is 10.1. The summed E-state index contributed by atoms with van der Waals surface area (Å²) in [5, 5.41) is 15.8. The molecule has 0 bridgehead atoms. The Morgan fingerprint density at radius 2 is 1.56 bits per heavy atom. The molecule has 0 aliphatic carbocycles. The highest BCUT2D eigenvalue weighted by Gasteiger charge is 2.17. The molecule has 0 spiro atoms. The van der Waals surface area contributed by atoms with Crippen LogP contribution >= 0.6 is 11.8 Å². The smallest absolute Gasteiger partial charge is 0.250 e. The Balaban J connectivity index is 1.28. The number of carbonyl (C=O) groups is 1. The van der Waals surface area contributed by atoms with Crippen molar-refractivity contribution in [3.8, 4) is 17.1 Å². The highest BCUT2D eigenvalue weighted by Crippen LogP contribution is 2.27. The van der Waals surface area contributed by atoms with Crippen molar-refractivity contribution in [2.24, 2.45) is 5.10 Å². The third-order valence-electron chi connectivity index (χ3n) is 5.19. The number of rotatable bonds is 7. The van der Waals surface area contributed by atoms with E-state index in [4.69, 9.17) is 0 Å². The highest BCUT2D eigenvalue weighted by molar-refractivity contribution is 7.99. The summed E-state index contributed by atoms with van der Waals surface area (Å²) in [7, 11) is 0. The molecule has 0 aliphatic heterocycles. The van der Waals surface area contributed by atoms with Gasteiger partial charge in [-0.15, -0.1) is 10.2 Å². The molecule has 4 aromatic carbocycles. The van der Waals surface area contributed by atoms with Gasteiger partial charge < -0.3 is 0 Å². The number of hydrogen-bond acceptors (Lipinski definition) is 5. The lowest BCUT2D eigenvalue weighted by Crippen LogP contribution is -2.20. The number of hydrazone groups is 1. The first-order valence-electron chi connectivity index (χ1n) is 10.8. The standard InChI is InChI=1S/C27H21N5OS/c33-25(29-28-18-20-15-16-21-9-7-8-12-23(21)17-20)19-34-27-31-30-26(22-10-3-1-4-11-22)32(27)24-13-5-2-6-14-24/h1-18H,19H2,(H,29,33)/b28-18-. The fraction of sp³-hybridized carbons (Fsp3) is 0.0370. The zero-order chi connectivity index (χ0) is 23.2. The third-order valence-corrected chi connectivity index (χ3v) is 6.12. The molecule has 1 amide bonds. The number of fused-ring (bicyclic) bond motifs is 1. The van der Waals surface area contributed by atoms with Crippen molar-refractivity contribution in [3.63, 3.8) is 0 Å². The molecule has 0 radical (unpaired) electrons. The van der Waals surface area contributed by atoms with Crippen LogP contribution in [0.15, 0.2) is 113 Å². The Kier molecular flexibility index (Phi) is 6.45. The van der Waals surface area contributed by atoms with Gasteiger partial charge in [-0.05, 0) is 34.5 Å². The summed E-state index contributed by atoms with van der Waals surface area (Å²) >= 11 is 1.32. The summed E-state index contributed by atoms with van der Waals surface area (Å²) in [6.07, 6.45) is 1.65. The van der Waals surface area contributed by atoms with E-state index in [-0.39, 0.29) is 11.7 Å². The first-order valence-corrected chi connectivity index (χ1v) is 11.8. The van der Waals surface area contributed by atoms with E-state index >= 15 is 0 Å². The van der Waals surface area contributed by atoms with E-state index in [0.29, 0.717) is 5.16 Å². The fourth-order valence-corrected chi connectivity index (χ4v) is 4.32. The number of amides is 1. The molecule has 0 saturated heterocycles. The van der Waals surface area contributed by atoms with Crippen molar-refractivity contribution < 1.29 is 4.79 Å². The Morgan fingerprint density at radius 3 is 2.35 bits per heavy atom. The number of nitrogens with zero attached hydrogens (tertiary/aromatic N) is 4. The van der Waals surface area contributed by atoms with Crippen LogP contribution < -0.4 is 5.43 Å². The van der Waals surface area contributed by atoms with Crippen LogP contribution in [0.4, 0.5) is 0 Å². The average Bonchev–Trinajstić information content (AvgIpc) is 3.32. The van der Waals surface area contributed by atoms with E-state index < -0.39 is 0 Å². The molecular formula is C27H21N5OS. The first-order chi connectivity index (χ1) is 16.8. The van der Waals surface area contributed by atoms with Gasteiger partial charge in [-0.2, -0.15) is 5.10 Å². The van der Waals surface area contributed by atoms with Crippen LogP contribution in [-0.2, 0) is 4.79 Å². The van der Waals surface area contributed by atoms with E-state index in [0.717, 1.165) is 33.4 Å². The van der Waals surface area contributed by atoms with Crippen LogP contribution in [0.1, 0.15) is 5.56 Å². The molecule has 0 aliphatic rings. The Hall–Kier alpha value is -4.23. The highest BCUT2D eigenvalue weighted by atomic mass is 32.2. The molecule has 1 heterocycles. The maximum absolute atomic E-state index is 12.4. The zero-order valence-corrected chi connectivity index (χ0v) is 19.0. The maximum atomic E-state index is 12.4. The maximum Gasteiger partial charge on any atom is 0.250 e. The van der Waals surface area contributed by atoms with E-state index in [1.54, 1.807) is 6.21 Å². The van der Waals surface area contributed by atoms with Crippen molar-refractivity contribution in [1.29, 1.82) is 0 Å². The molecule has 7 heteroatoms. The fourth-order valence-electron chi connectivity index (χ4n) is 3.58. The van der Waals surface area contributed by atoms with Gasteiger partial charge in [-0.25, -0.2) is 5.43 Å². The summed E-state index contributed by atoms with van der Waals surface area (Å²) in [4.78, 5) is 12.4. The quantitative estimate of drug-likeness (QED) is 0.201. The van der Waals surface area contributed by atoms with Gasteiger partial charge in [0.05, 0.1) is 12.0 Å². The van der Waals surface area contributed by atoms with Gasteiger partial charge in [-0.1, -0.05) is 96.7 Å². The Labute approximate surface area is 201 Å². The lowest BCUT2D eigenvalue weighted by molar-refractivity contribution is -0.118. The lowest BCUT2D eigenvalue weighted by atomic mass is 10.1. The van der Waals surface area contributed by atoms with Crippen molar-refractivity contribution in [3.05, 3.63) is 109 Å². The first kappa shape index (κ1) is 21.6. The Bertz CT molecular complexity index is 1450. The van der Waals surface area contributed by atoms with Crippen molar-refractivity contribution >= 4 is 34.7 Å². The monoisotopic (exact) mass is 463 g/mol. The molecule has 6 nitrogen and oxygen atoms in total. The predicted octanol–water partition coefficient (Wildman–Crippen LogP) is 5.33. The van der Waals surface area contributed by atoms with Crippen LogP contribution in [-0.4, -0.2) is 32.6 Å². The third kappa shape index (κ3) is 4.89. The molecular weight excluding hydrogens is 442 g/mol. The van der Waals surface area contributed by atoms with Gasteiger partial charge in [0, 0.05) is 11.3 Å². The summed E-state index contributed by atoms with van der Waals surface area (Å²) in [6, 6.07) is 33.9. The molecule has 34 heavy (non-hydrogen) atoms. The van der Waals surface area contributed by atoms with Gasteiger partial charge >= 0.3 is 0 Å². The molecule has 5 rings (SSSR count). The molecule has 0 unspecified atom stereocenters. The topological polar surface area (TPSA) is 72.2 Å². The van der Waals surface area contributed by atoms with Crippen LogP contribution in [0.5, 0.6) is 0 Å². The number of benzene rings is 4. The summed E-state index contributed by atoms with van der Waals surface area (Å²) in [5.41, 5.74) is 5.41. The largest absolute Gasteiger partial charge is 0.272 e. The normalized spacial score (nSPS) is 11.2. The molecule has 166 valence electrons. The molecule has 5 aromatic rings. The zero-order valence-electron chi connectivity index (χ0n) is 18.2. The SMILES string of the molecule is O=C(CSc1nnc(-c2ccccc2)n1-c1ccccc1)N/N=C\c1ccc2ccccc2c1. The van der Waals surface area contributed by atoms with Gasteiger partial charge in [-0.3, -0.25) is 9.36 Å². The van der Waals surface area contributed by atoms with E-state index in [2.05, 4.69) is 32.9 Å². The number of nitrogens with one attached hydrogen (secondary N) is 1.